The van der Waals surface area contributed by atoms with Gasteiger partial charge in [0.1, 0.15) is 0 Å². The fraction of sp³-hybridized carbons (Fsp3) is 0.500. The molecule has 0 amide bonds. The second kappa shape index (κ2) is 8.08. The maximum absolute atomic E-state index is 3.09. The van der Waals surface area contributed by atoms with Gasteiger partial charge in [-0.2, -0.15) is 0 Å². The van der Waals surface area contributed by atoms with Crippen LogP contribution in [0.15, 0.2) is 45.0 Å². The van der Waals surface area contributed by atoms with E-state index in [1.165, 1.54) is 23.5 Å². The van der Waals surface area contributed by atoms with Crippen LogP contribution in [0.1, 0.15) is 40.5 Å². The topological polar surface area (TPSA) is 0 Å². The van der Waals surface area contributed by atoms with Crippen LogP contribution in [-0.4, -0.2) is 22.6 Å². The minimum Gasteiger partial charge on any atom is -0.286 e. The molecule has 2 aliphatic carbocycles. The van der Waals surface area contributed by atoms with Crippen LogP contribution in [0, 0.1) is 12.2 Å². The van der Waals surface area contributed by atoms with E-state index in [1.54, 1.807) is 0 Å². The van der Waals surface area contributed by atoms with Crippen molar-refractivity contribution in [3.8, 4) is 0 Å². The minimum atomic E-state index is 0. The van der Waals surface area contributed by atoms with Crippen molar-refractivity contribution >= 4 is 15.8 Å². The molecule has 3 heteroatoms. The van der Waals surface area contributed by atoms with E-state index in [9.17, 15) is 0 Å². The van der Waals surface area contributed by atoms with E-state index in [0.29, 0.717) is 0 Å². The van der Waals surface area contributed by atoms with Gasteiger partial charge in [0, 0.05) is 0 Å². The van der Waals surface area contributed by atoms with Crippen molar-refractivity contribution in [2.24, 2.45) is 0 Å². The Balaban J connectivity index is 0.000000160. The molecule has 0 unspecified atom stereocenters. The summed E-state index contributed by atoms with van der Waals surface area (Å²) < 4.78 is 0. The zero-order chi connectivity index (χ0) is 15.7. The third-order valence-corrected chi connectivity index (χ3v) is 10.8. The summed E-state index contributed by atoms with van der Waals surface area (Å²) >= 11 is 0. The number of hydrogen-bond acceptors (Lipinski definition) is 0. The fourth-order valence-corrected chi connectivity index (χ4v) is 9.23. The summed E-state index contributed by atoms with van der Waals surface area (Å²) in [5, 5.41) is 2.51. The van der Waals surface area contributed by atoms with Crippen LogP contribution >= 0.6 is 15.8 Å². The molecule has 0 spiro atoms. The van der Waals surface area contributed by atoms with E-state index in [1.807, 2.05) is 0 Å². The molecule has 2 heterocycles. The van der Waals surface area contributed by atoms with Crippen LogP contribution in [-0.2, 0) is 17.1 Å². The average molecular weight is 378 g/mol. The van der Waals surface area contributed by atoms with Gasteiger partial charge in [0.15, 0.2) is 0 Å². The van der Waals surface area contributed by atoms with Crippen LogP contribution in [0.4, 0.5) is 0 Å². The Hall–Kier alpha value is -0.461. The maximum Gasteiger partial charge on any atom is 2.00 e. The predicted molar refractivity (Wildman–Crippen MR) is 95.5 cm³/mol. The normalized spacial score (nSPS) is 32.7. The van der Waals surface area contributed by atoms with Crippen LogP contribution in [0.2, 0.25) is 0 Å². The summed E-state index contributed by atoms with van der Waals surface area (Å²) in [5.41, 5.74) is 21.0. The minimum absolute atomic E-state index is 0. The van der Waals surface area contributed by atoms with Crippen molar-refractivity contribution in [2.45, 2.75) is 63.2 Å². The SMILES string of the molecule is C[C@H]1C[C@H](C)P1C1=C=C=C=[C-]1.C[C@H]1C[C@H](C)P1C1=C=C=C=[C-]1.[Fe+2]. The molecule has 118 valence electrons. The summed E-state index contributed by atoms with van der Waals surface area (Å²) in [6.07, 6.45) is 8.93. The molecular formula is C20H20FeP2. The van der Waals surface area contributed by atoms with Gasteiger partial charge in [-0.15, -0.1) is 22.8 Å². The molecule has 23 heavy (non-hydrogen) atoms. The molecule has 4 aliphatic rings. The van der Waals surface area contributed by atoms with Gasteiger partial charge >= 0.3 is 17.1 Å². The van der Waals surface area contributed by atoms with Crippen LogP contribution in [0.25, 0.3) is 0 Å². The molecule has 4 atom stereocenters. The van der Waals surface area contributed by atoms with Gasteiger partial charge in [-0.3, -0.25) is 22.9 Å². The van der Waals surface area contributed by atoms with Gasteiger partial charge in [-0.25, -0.2) is 11.5 Å². The van der Waals surface area contributed by atoms with Crippen LogP contribution < -0.4 is 0 Å². The van der Waals surface area contributed by atoms with Gasteiger partial charge in [0.05, 0.1) is 0 Å². The van der Waals surface area contributed by atoms with E-state index in [0.717, 1.165) is 22.6 Å². The van der Waals surface area contributed by atoms with Gasteiger partial charge < -0.3 is 0 Å². The largest absolute Gasteiger partial charge is 2.00 e. The van der Waals surface area contributed by atoms with Crippen molar-refractivity contribution in [1.82, 2.24) is 0 Å². The molecule has 4 rings (SSSR count). The van der Waals surface area contributed by atoms with Crippen LogP contribution in [0.5, 0.6) is 0 Å². The first-order valence-electron chi connectivity index (χ1n) is 7.92. The Labute approximate surface area is 153 Å². The number of allylic oxidation sites excluding steroid dienone is 4. The molecule has 2 saturated heterocycles. The van der Waals surface area contributed by atoms with Crippen molar-refractivity contribution in [2.75, 3.05) is 0 Å². The van der Waals surface area contributed by atoms with Crippen LogP contribution in [0.3, 0.4) is 0 Å². The Morgan fingerprint density at radius 2 is 1.09 bits per heavy atom. The molecule has 0 bridgehead atoms. The van der Waals surface area contributed by atoms with E-state index in [-0.39, 0.29) is 32.9 Å². The monoisotopic (exact) mass is 378 g/mol. The van der Waals surface area contributed by atoms with Gasteiger partial charge in [-0.1, -0.05) is 43.5 Å². The summed E-state index contributed by atoms with van der Waals surface area (Å²) in [7, 11) is 0.0962. The quantitative estimate of drug-likeness (QED) is 0.253. The molecule has 0 aromatic carbocycles. The summed E-state index contributed by atoms with van der Waals surface area (Å²) in [6.45, 7) is 9.28. The van der Waals surface area contributed by atoms with Crippen molar-refractivity contribution < 1.29 is 17.1 Å². The van der Waals surface area contributed by atoms with E-state index >= 15 is 0 Å². The first kappa shape index (κ1) is 18.9. The predicted octanol–water partition coefficient (Wildman–Crippen LogP) is 5.63. The molecule has 2 aliphatic heterocycles. The molecule has 0 aromatic heterocycles. The molecular weight excluding hydrogens is 358 g/mol. The van der Waals surface area contributed by atoms with Crippen molar-refractivity contribution in [3.63, 3.8) is 0 Å². The third-order valence-electron chi connectivity index (χ3n) is 4.63. The summed E-state index contributed by atoms with van der Waals surface area (Å²) in [6, 6.07) is 0. The summed E-state index contributed by atoms with van der Waals surface area (Å²) in [4.78, 5) is 0. The maximum atomic E-state index is 3.09. The zero-order valence-corrected chi connectivity index (χ0v) is 16.9. The first-order chi connectivity index (χ1) is 10.6. The molecule has 2 fully saturated rings. The van der Waals surface area contributed by atoms with Crippen molar-refractivity contribution in [3.05, 3.63) is 57.2 Å². The standard InChI is InChI=1S/2C10H10P.Fe/c2*1-8-7-9(2)11(8)10-5-3-4-6-10;/h2*8-9H,7H2,1-2H3;/q2*-1;+2/t2*8-,9-;/m00./s1. The number of hydrogen-bond donors (Lipinski definition) is 0. The third kappa shape index (κ3) is 3.97. The summed E-state index contributed by atoms with van der Waals surface area (Å²) in [5.74, 6) is 0. The smallest absolute Gasteiger partial charge is 0.286 e. The Bertz CT molecular complexity index is 671. The molecule has 0 aromatic rings. The number of rotatable bonds is 2. The molecule has 0 saturated carbocycles. The second-order valence-corrected chi connectivity index (χ2v) is 12.4. The van der Waals surface area contributed by atoms with Gasteiger partial charge in [-0.05, 0) is 35.5 Å². The van der Waals surface area contributed by atoms with Gasteiger partial charge in [0.25, 0.3) is 0 Å². The molecule has 0 radical (unpaired) electrons. The average Bonchev–Trinajstić information content (AvgIpc) is 3.13. The Kier molecular flexibility index (Phi) is 6.63. The van der Waals surface area contributed by atoms with E-state index in [2.05, 4.69) is 74.2 Å². The molecule has 0 nitrogen and oxygen atoms in total. The van der Waals surface area contributed by atoms with Crippen molar-refractivity contribution in [1.29, 1.82) is 0 Å². The molecule has 0 N–H and O–H groups in total. The van der Waals surface area contributed by atoms with E-state index in [4.69, 9.17) is 0 Å². The fourth-order valence-electron chi connectivity index (χ4n) is 3.60. The Morgan fingerprint density at radius 1 is 0.739 bits per heavy atom. The zero-order valence-electron chi connectivity index (χ0n) is 14.0. The van der Waals surface area contributed by atoms with Gasteiger partial charge in [0.2, 0.25) is 0 Å². The Morgan fingerprint density at radius 3 is 1.30 bits per heavy atom. The van der Waals surface area contributed by atoms with E-state index < -0.39 is 0 Å². The first-order valence-corrected chi connectivity index (χ1v) is 10.9. The second-order valence-electron chi connectivity index (χ2n) is 6.38.